The molecule has 0 unspecified atom stereocenters. The Balaban J connectivity index is 1.81. The van der Waals surface area contributed by atoms with Crippen LogP contribution in [0.1, 0.15) is 6.42 Å². The summed E-state index contributed by atoms with van der Waals surface area (Å²) in [5, 5.41) is 0.701. The molecule has 8 heteroatoms. The van der Waals surface area contributed by atoms with Gasteiger partial charge in [-0.2, -0.15) is 0 Å². The Morgan fingerprint density at radius 3 is 2.85 bits per heavy atom. The molecule has 3 aromatic rings. The second-order valence-corrected chi connectivity index (χ2v) is 7.05. The molecular weight excluding hydrogens is 374 g/mol. The summed E-state index contributed by atoms with van der Waals surface area (Å²) in [5.74, 6) is -0.988. The van der Waals surface area contributed by atoms with Crippen LogP contribution >= 0.6 is 11.8 Å². The molecule has 27 heavy (non-hydrogen) atoms. The van der Waals surface area contributed by atoms with Crippen LogP contribution in [0.2, 0.25) is 0 Å². The SMILES string of the molecule is O=c1c2ccccc2nc(SC[C@H]2CCOCO2)n1-c1ccc(F)cc1F. The van der Waals surface area contributed by atoms with Crippen LogP contribution in [0.4, 0.5) is 8.78 Å². The van der Waals surface area contributed by atoms with E-state index in [1.807, 2.05) is 0 Å². The van der Waals surface area contributed by atoms with Crippen LogP contribution in [0.5, 0.6) is 0 Å². The highest BCUT2D eigenvalue weighted by Gasteiger charge is 2.20. The first-order valence-electron chi connectivity index (χ1n) is 8.43. The molecule has 1 saturated heterocycles. The van der Waals surface area contributed by atoms with Gasteiger partial charge in [-0.25, -0.2) is 13.8 Å². The van der Waals surface area contributed by atoms with Crippen molar-refractivity contribution in [2.24, 2.45) is 0 Å². The number of para-hydroxylation sites is 1. The van der Waals surface area contributed by atoms with Crippen LogP contribution in [-0.4, -0.2) is 34.8 Å². The van der Waals surface area contributed by atoms with Crippen molar-refractivity contribution in [1.82, 2.24) is 9.55 Å². The third-order valence-corrected chi connectivity index (χ3v) is 5.34. The summed E-state index contributed by atoms with van der Waals surface area (Å²) in [7, 11) is 0. The molecule has 1 atom stereocenters. The molecule has 1 aliphatic rings. The van der Waals surface area contributed by atoms with Gasteiger partial charge < -0.3 is 9.47 Å². The predicted molar refractivity (Wildman–Crippen MR) is 98.3 cm³/mol. The van der Waals surface area contributed by atoms with E-state index in [1.165, 1.54) is 22.4 Å². The number of hydrogen-bond acceptors (Lipinski definition) is 5. The van der Waals surface area contributed by atoms with E-state index >= 15 is 0 Å². The number of benzene rings is 2. The summed E-state index contributed by atoms with van der Waals surface area (Å²) in [6, 6.07) is 10.0. The first-order chi connectivity index (χ1) is 13.1. The zero-order valence-corrected chi connectivity index (χ0v) is 15.0. The maximum atomic E-state index is 14.4. The average molecular weight is 390 g/mol. The lowest BCUT2D eigenvalue weighted by molar-refractivity contribution is -0.130. The zero-order valence-electron chi connectivity index (χ0n) is 14.2. The number of rotatable bonds is 4. The number of halogens is 2. The van der Waals surface area contributed by atoms with Crippen LogP contribution in [0.15, 0.2) is 52.4 Å². The summed E-state index contributed by atoms with van der Waals surface area (Å²) >= 11 is 1.30. The fourth-order valence-electron chi connectivity index (χ4n) is 2.88. The first-order valence-corrected chi connectivity index (χ1v) is 9.41. The monoisotopic (exact) mass is 390 g/mol. The molecular formula is C19H16F2N2O3S. The second-order valence-electron chi connectivity index (χ2n) is 6.06. The van der Waals surface area contributed by atoms with Gasteiger partial charge in [0.2, 0.25) is 0 Å². The van der Waals surface area contributed by atoms with Gasteiger partial charge in [-0.1, -0.05) is 23.9 Å². The van der Waals surface area contributed by atoms with Gasteiger partial charge in [0.1, 0.15) is 18.4 Å². The van der Waals surface area contributed by atoms with E-state index < -0.39 is 17.2 Å². The van der Waals surface area contributed by atoms with Gasteiger partial charge in [0.15, 0.2) is 5.16 Å². The Kier molecular flexibility index (Phi) is 5.20. The highest BCUT2D eigenvalue weighted by molar-refractivity contribution is 7.99. The summed E-state index contributed by atoms with van der Waals surface area (Å²) in [6.45, 7) is 0.839. The molecule has 2 heterocycles. The number of nitrogens with zero attached hydrogens (tertiary/aromatic N) is 2. The molecule has 0 radical (unpaired) electrons. The molecule has 1 aliphatic heterocycles. The van der Waals surface area contributed by atoms with E-state index in [-0.39, 0.29) is 18.6 Å². The predicted octanol–water partition coefficient (Wildman–Crippen LogP) is 3.52. The normalized spacial score (nSPS) is 17.3. The molecule has 140 valence electrons. The maximum Gasteiger partial charge on any atom is 0.266 e. The minimum Gasteiger partial charge on any atom is -0.355 e. The third-order valence-electron chi connectivity index (χ3n) is 4.27. The first kappa shape index (κ1) is 18.1. The largest absolute Gasteiger partial charge is 0.355 e. The number of ether oxygens (including phenoxy) is 2. The molecule has 0 amide bonds. The molecule has 4 rings (SSSR count). The molecule has 5 nitrogen and oxygen atoms in total. The molecule has 0 aliphatic carbocycles. The lowest BCUT2D eigenvalue weighted by atomic mass is 10.2. The molecule has 0 N–H and O–H groups in total. The zero-order chi connectivity index (χ0) is 18.8. The van der Waals surface area contributed by atoms with Gasteiger partial charge >= 0.3 is 0 Å². The van der Waals surface area contributed by atoms with Crippen LogP contribution < -0.4 is 5.56 Å². The highest BCUT2D eigenvalue weighted by Crippen LogP contribution is 2.25. The van der Waals surface area contributed by atoms with Gasteiger partial charge in [0.05, 0.1) is 29.3 Å². The lowest BCUT2D eigenvalue weighted by Crippen LogP contribution is -2.27. The molecule has 0 spiro atoms. The topological polar surface area (TPSA) is 53.4 Å². The minimum absolute atomic E-state index is 0.0324. The van der Waals surface area contributed by atoms with E-state index in [0.29, 0.717) is 28.4 Å². The van der Waals surface area contributed by atoms with Gasteiger partial charge in [-0.15, -0.1) is 0 Å². The quantitative estimate of drug-likeness (QED) is 0.504. The Morgan fingerprint density at radius 1 is 1.22 bits per heavy atom. The number of aromatic nitrogens is 2. The van der Waals surface area contributed by atoms with Crippen molar-refractivity contribution in [2.75, 3.05) is 19.2 Å². The minimum atomic E-state index is -0.821. The van der Waals surface area contributed by atoms with Crippen molar-refractivity contribution in [1.29, 1.82) is 0 Å². The van der Waals surface area contributed by atoms with Gasteiger partial charge in [-0.05, 0) is 30.7 Å². The van der Waals surface area contributed by atoms with Crippen molar-refractivity contribution in [3.63, 3.8) is 0 Å². The van der Waals surface area contributed by atoms with Crippen LogP contribution in [0.25, 0.3) is 16.6 Å². The molecule has 1 aromatic heterocycles. The van der Waals surface area contributed by atoms with E-state index in [2.05, 4.69) is 4.98 Å². The fourth-order valence-corrected chi connectivity index (χ4v) is 3.96. The standard InChI is InChI=1S/C19H16F2N2O3S/c20-12-5-6-17(15(21)9-12)23-18(24)14-3-1-2-4-16(14)22-19(23)27-10-13-7-8-25-11-26-13/h1-6,9,13H,7-8,10-11H2/t13-/m1/s1. The van der Waals surface area contributed by atoms with Crippen molar-refractivity contribution in [3.8, 4) is 5.69 Å². The number of thioether (sulfide) groups is 1. The van der Waals surface area contributed by atoms with Crippen molar-refractivity contribution < 1.29 is 18.3 Å². The molecule has 2 aromatic carbocycles. The van der Waals surface area contributed by atoms with Crippen LogP contribution in [0.3, 0.4) is 0 Å². The second kappa shape index (κ2) is 7.75. The fraction of sp³-hybridized carbons (Fsp3) is 0.263. The van der Waals surface area contributed by atoms with Gasteiger partial charge in [0.25, 0.3) is 5.56 Å². The van der Waals surface area contributed by atoms with E-state index in [9.17, 15) is 13.6 Å². The van der Waals surface area contributed by atoms with Crippen molar-refractivity contribution in [3.05, 3.63) is 64.5 Å². The Bertz CT molecular complexity index is 1040. The van der Waals surface area contributed by atoms with Crippen molar-refractivity contribution in [2.45, 2.75) is 17.7 Å². The molecule has 0 saturated carbocycles. The average Bonchev–Trinajstić information content (AvgIpc) is 2.68. The summed E-state index contributed by atoms with van der Waals surface area (Å²) in [4.78, 5) is 17.6. The van der Waals surface area contributed by atoms with E-state index in [4.69, 9.17) is 9.47 Å². The smallest absolute Gasteiger partial charge is 0.266 e. The van der Waals surface area contributed by atoms with Gasteiger partial charge in [-0.3, -0.25) is 9.36 Å². The number of hydrogen-bond donors (Lipinski definition) is 0. The summed E-state index contributed by atoms with van der Waals surface area (Å²) < 4.78 is 39.6. The Hall–Kier alpha value is -2.29. The summed E-state index contributed by atoms with van der Waals surface area (Å²) in [6.07, 6.45) is 0.689. The highest BCUT2D eigenvalue weighted by atomic mass is 32.2. The Morgan fingerprint density at radius 2 is 2.07 bits per heavy atom. The molecule has 0 bridgehead atoms. The third kappa shape index (κ3) is 3.73. The van der Waals surface area contributed by atoms with E-state index in [1.54, 1.807) is 24.3 Å². The van der Waals surface area contributed by atoms with Crippen LogP contribution in [-0.2, 0) is 9.47 Å². The van der Waals surface area contributed by atoms with Gasteiger partial charge in [0, 0.05) is 11.8 Å². The van der Waals surface area contributed by atoms with E-state index in [0.717, 1.165) is 18.6 Å². The lowest BCUT2D eigenvalue weighted by Gasteiger charge is -2.22. The Labute approximate surface area is 157 Å². The molecule has 1 fully saturated rings. The number of fused-ring (bicyclic) bond motifs is 1. The summed E-state index contributed by atoms with van der Waals surface area (Å²) in [5.41, 5.74) is 0.0909. The maximum absolute atomic E-state index is 14.4. The van der Waals surface area contributed by atoms with Crippen molar-refractivity contribution >= 4 is 22.7 Å². The van der Waals surface area contributed by atoms with Crippen LogP contribution in [0, 0.1) is 11.6 Å².